The quantitative estimate of drug-likeness (QED) is 0.665. The third kappa shape index (κ3) is 7.13. The summed E-state index contributed by atoms with van der Waals surface area (Å²) in [7, 11) is 0. The number of hydrogen-bond acceptors (Lipinski definition) is 1. The molecule has 11 heavy (non-hydrogen) atoms. The molecule has 1 nitrogen and oxygen atoms in total. The van der Waals surface area contributed by atoms with Crippen molar-refractivity contribution in [1.82, 2.24) is 4.90 Å². The zero-order valence-corrected chi connectivity index (χ0v) is 11.9. The molecule has 0 heterocycles. The molecule has 0 aromatic heterocycles. The van der Waals surface area contributed by atoms with Crippen LogP contribution in [0.1, 0.15) is 20.3 Å². The van der Waals surface area contributed by atoms with E-state index in [1.54, 1.807) is 4.44 Å². The predicted molar refractivity (Wildman–Crippen MR) is 56.1 cm³/mol. The van der Waals surface area contributed by atoms with Crippen molar-refractivity contribution in [2.24, 2.45) is 0 Å². The third-order valence-corrected chi connectivity index (χ3v) is 6.61. The first kappa shape index (κ1) is 11.8. The Morgan fingerprint density at radius 1 is 1.09 bits per heavy atom. The SMILES string of the molecule is CCN(CC)CC[CH2][SnH]([CH3])[CH3]. The summed E-state index contributed by atoms with van der Waals surface area (Å²) in [4.78, 5) is 7.53. The Bertz CT molecular complexity index is 79.6. The normalized spacial score (nSPS) is 11.5. The van der Waals surface area contributed by atoms with E-state index in [2.05, 4.69) is 28.6 Å². The van der Waals surface area contributed by atoms with Crippen LogP contribution in [0.2, 0.25) is 14.3 Å². The molecule has 0 aliphatic carbocycles. The first-order chi connectivity index (χ1) is 5.20. The van der Waals surface area contributed by atoms with Crippen LogP contribution in [0.3, 0.4) is 0 Å². The van der Waals surface area contributed by atoms with E-state index in [1.165, 1.54) is 26.1 Å². The van der Waals surface area contributed by atoms with E-state index in [1.807, 2.05) is 0 Å². The maximum atomic E-state index is 2.52. The van der Waals surface area contributed by atoms with Crippen LogP contribution < -0.4 is 0 Å². The molecule has 0 saturated carbocycles. The second-order valence-corrected chi connectivity index (χ2v) is 13.2. The van der Waals surface area contributed by atoms with E-state index in [4.69, 9.17) is 0 Å². The van der Waals surface area contributed by atoms with Crippen molar-refractivity contribution in [3.63, 3.8) is 0 Å². The van der Waals surface area contributed by atoms with Gasteiger partial charge in [-0.15, -0.1) is 0 Å². The summed E-state index contributed by atoms with van der Waals surface area (Å²) in [5, 5.41) is 0. The topological polar surface area (TPSA) is 3.24 Å². The van der Waals surface area contributed by atoms with Gasteiger partial charge in [0.25, 0.3) is 0 Å². The van der Waals surface area contributed by atoms with Gasteiger partial charge in [0.2, 0.25) is 0 Å². The first-order valence-electron chi connectivity index (χ1n) is 4.93. The molecule has 0 radical (unpaired) electrons. The van der Waals surface area contributed by atoms with Crippen molar-refractivity contribution in [3.05, 3.63) is 0 Å². The van der Waals surface area contributed by atoms with Gasteiger partial charge in [0.1, 0.15) is 0 Å². The fourth-order valence-electron chi connectivity index (χ4n) is 1.26. The summed E-state index contributed by atoms with van der Waals surface area (Å²) in [6, 6.07) is 0. The van der Waals surface area contributed by atoms with Crippen LogP contribution in [0.4, 0.5) is 0 Å². The van der Waals surface area contributed by atoms with Gasteiger partial charge in [-0.2, -0.15) is 0 Å². The third-order valence-electron chi connectivity index (χ3n) is 2.15. The molecule has 0 aliphatic heterocycles. The molecule has 0 fully saturated rings. The Labute approximate surface area is 78.9 Å². The van der Waals surface area contributed by atoms with Gasteiger partial charge >= 0.3 is 78.9 Å². The standard InChI is InChI=1S/C7H16N.2CH3.Sn.H/c1-4-7-8(5-2)6-3;;;;/h1,4-7H2,2-3H3;2*1H3;;. The predicted octanol–water partition coefficient (Wildman–Crippen LogP) is 2.21. The molecule has 2 heteroatoms. The van der Waals surface area contributed by atoms with Crippen molar-refractivity contribution in [2.75, 3.05) is 19.6 Å². The van der Waals surface area contributed by atoms with Crippen LogP contribution in [0.5, 0.6) is 0 Å². The van der Waals surface area contributed by atoms with Gasteiger partial charge in [-0.05, 0) is 0 Å². The minimum absolute atomic E-state index is 0.864. The molecule has 0 saturated heterocycles. The van der Waals surface area contributed by atoms with Crippen molar-refractivity contribution in [1.29, 1.82) is 0 Å². The summed E-state index contributed by atoms with van der Waals surface area (Å²) in [6.45, 7) is 8.29. The van der Waals surface area contributed by atoms with Gasteiger partial charge < -0.3 is 0 Å². The van der Waals surface area contributed by atoms with Crippen LogP contribution in [0.25, 0.3) is 0 Å². The van der Waals surface area contributed by atoms with E-state index in [0.29, 0.717) is 0 Å². The van der Waals surface area contributed by atoms with E-state index >= 15 is 0 Å². The second kappa shape index (κ2) is 7.41. The molecule has 0 amide bonds. The Morgan fingerprint density at radius 2 is 1.64 bits per heavy atom. The summed E-state index contributed by atoms with van der Waals surface area (Å²) in [5.41, 5.74) is 0. The maximum absolute atomic E-state index is 2.52. The number of nitrogens with zero attached hydrogens (tertiary/aromatic N) is 1. The number of hydrogen-bond donors (Lipinski definition) is 0. The van der Waals surface area contributed by atoms with E-state index < -0.39 is 19.8 Å². The molecule has 0 atom stereocenters. The average molecular weight is 264 g/mol. The van der Waals surface area contributed by atoms with E-state index in [0.717, 1.165) is 0 Å². The molecule has 0 unspecified atom stereocenters. The van der Waals surface area contributed by atoms with Crippen molar-refractivity contribution < 1.29 is 0 Å². The fourth-order valence-corrected chi connectivity index (χ4v) is 4.11. The van der Waals surface area contributed by atoms with Crippen LogP contribution >= 0.6 is 0 Å². The summed E-state index contributed by atoms with van der Waals surface area (Å²) in [5.74, 6) is 0. The fraction of sp³-hybridized carbons (Fsp3) is 1.00. The van der Waals surface area contributed by atoms with Crippen LogP contribution in [0, 0.1) is 0 Å². The van der Waals surface area contributed by atoms with E-state index in [-0.39, 0.29) is 0 Å². The van der Waals surface area contributed by atoms with Crippen molar-refractivity contribution >= 4 is 19.8 Å². The Balaban J connectivity index is 3.21. The Morgan fingerprint density at radius 3 is 2.00 bits per heavy atom. The van der Waals surface area contributed by atoms with Gasteiger partial charge in [-0.1, -0.05) is 0 Å². The minimum atomic E-state index is -0.864. The molecule has 0 spiro atoms. The van der Waals surface area contributed by atoms with Gasteiger partial charge in [0, 0.05) is 0 Å². The Hall–Kier alpha value is 0.759. The van der Waals surface area contributed by atoms with Crippen molar-refractivity contribution in [2.45, 2.75) is 34.6 Å². The summed E-state index contributed by atoms with van der Waals surface area (Å²) >= 11 is -0.864. The van der Waals surface area contributed by atoms with Gasteiger partial charge in [0.05, 0.1) is 0 Å². The second-order valence-electron chi connectivity index (χ2n) is 3.56. The molecule has 68 valence electrons. The van der Waals surface area contributed by atoms with Crippen LogP contribution in [0.15, 0.2) is 0 Å². The summed E-state index contributed by atoms with van der Waals surface area (Å²) in [6.07, 6.45) is 1.45. The van der Waals surface area contributed by atoms with Gasteiger partial charge in [-0.3, -0.25) is 0 Å². The molecule has 0 aromatic rings. The zero-order chi connectivity index (χ0) is 8.69. The molecular weight excluding hydrogens is 241 g/mol. The Kier molecular flexibility index (Phi) is 7.92. The monoisotopic (exact) mass is 265 g/mol. The molecular formula is C9H23NSn. The molecule has 0 rings (SSSR count). The van der Waals surface area contributed by atoms with Crippen LogP contribution in [-0.4, -0.2) is 44.3 Å². The number of rotatable bonds is 6. The average Bonchev–Trinajstić information content (AvgIpc) is 1.98. The molecule has 0 aromatic carbocycles. The van der Waals surface area contributed by atoms with Crippen molar-refractivity contribution in [3.8, 4) is 0 Å². The summed E-state index contributed by atoms with van der Waals surface area (Å²) < 4.78 is 1.58. The van der Waals surface area contributed by atoms with E-state index in [9.17, 15) is 0 Å². The zero-order valence-electron chi connectivity index (χ0n) is 8.56. The van der Waals surface area contributed by atoms with Crippen LogP contribution in [-0.2, 0) is 0 Å². The molecule has 0 N–H and O–H groups in total. The molecule has 0 aliphatic rings. The van der Waals surface area contributed by atoms with Gasteiger partial charge in [0.15, 0.2) is 0 Å². The van der Waals surface area contributed by atoms with Gasteiger partial charge in [-0.25, -0.2) is 0 Å². The first-order valence-corrected chi connectivity index (χ1v) is 13.8. The molecule has 0 bridgehead atoms.